The Labute approximate surface area is 315 Å². The number of para-hydroxylation sites is 2. The molecule has 0 saturated heterocycles. The summed E-state index contributed by atoms with van der Waals surface area (Å²) in [5.41, 5.74) is 9.63. The van der Waals surface area contributed by atoms with Crippen LogP contribution in [0, 0.1) is 25.2 Å². The standard InChI is InChI=1S/C31H25N2S.C13H12N.Ir/c1-31(2,3)23-15-18-29-25(19-23)26(20-34-29)30-32-27-11-7-8-12-28(27)33(30)24-16-13-22(14-17-24)21-9-5-4-6-10-21;1-10-3-6-12(7-4-10)13-8-5-11(2)9-14-13;/h4-19H,1-3H3;3-6,8-9H,1-2H3;/q2*-1;/i;1D3,2D3;. The molecule has 0 atom stereocenters. The summed E-state index contributed by atoms with van der Waals surface area (Å²) in [5, 5.41) is 4.79. The topological polar surface area (TPSA) is 30.7 Å². The van der Waals surface area contributed by atoms with Crippen LogP contribution in [0.2, 0.25) is 0 Å². The van der Waals surface area contributed by atoms with Gasteiger partial charge in [-0.25, -0.2) is 0 Å². The van der Waals surface area contributed by atoms with E-state index in [0.717, 1.165) is 28.1 Å². The van der Waals surface area contributed by atoms with Crippen LogP contribution in [-0.4, -0.2) is 14.5 Å². The van der Waals surface area contributed by atoms with E-state index in [2.05, 4.69) is 139 Å². The van der Waals surface area contributed by atoms with E-state index in [1.807, 2.05) is 0 Å². The molecule has 0 aliphatic heterocycles. The van der Waals surface area contributed by atoms with Gasteiger partial charge in [0.1, 0.15) is 0 Å². The maximum atomic E-state index is 7.28. The Balaban J connectivity index is 0.000000211. The number of aryl methyl sites for hydroxylation is 2. The molecule has 0 fully saturated rings. The van der Waals surface area contributed by atoms with Crippen molar-refractivity contribution < 1.29 is 28.3 Å². The second-order valence-corrected chi connectivity index (χ2v) is 13.5. The van der Waals surface area contributed by atoms with Crippen molar-refractivity contribution in [1.29, 1.82) is 0 Å². The van der Waals surface area contributed by atoms with Gasteiger partial charge in [0.2, 0.25) is 0 Å². The average molecular weight is 838 g/mol. The molecule has 0 amide bonds. The largest absolute Gasteiger partial charge is 0.333 e. The molecule has 0 N–H and O–H groups in total. The van der Waals surface area contributed by atoms with Gasteiger partial charge in [0, 0.05) is 40.2 Å². The molecule has 8 rings (SSSR count). The van der Waals surface area contributed by atoms with Crippen molar-refractivity contribution in [2.45, 2.75) is 39.9 Å². The van der Waals surface area contributed by atoms with Crippen LogP contribution in [0.1, 0.15) is 45.7 Å². The second kappa shape index (κ2) is 14.4. The predicted octanol–water partition coefficient (Wildman–Crippen LogP) is 11.8. The van der Waals surface area contributed by atoms with E-state index < -0.39 is 13.7 Å². The first-order chi connectivity index (χ1) is 25.7. The van der Waals surface area contributed by atoms with Crippen LogP contribution in [0.3, 0.4) is 0 Å². The summed E-state index contributed by atoms with van der Waals surface area (Å²) in [5.74, 6) is 0.936. The summed E-state index contributed by atoms with van der Waals surface area (Å²) in [6.45, 7) is 2.43. The molecule has 0 spiro atoms. The maximum Gasteiger partial charge on any atom is 0.0774 e. The SMILES string of the molecule is CC(C)(C)c1ccc2s[c-]c(-c3nc4ccccc4n3-c3ccc(-c4ccccc4)cc3)c2c1.[2H]C([2H])([2H])c1c[c-]c(-c2ccc(C([2H])([2H])[2H])cn2)cc1.[Ir]. The fourth-order valence-electron chi connectivity index (χ4n) is 5.63. The Hall–Kier alpha value is -4.67. The molecular weight excluding hydrogens is 795 g/mol. The first-order valence-electron chi connectivity index (χ1n) is 18.7. The molecule has 3 nitrogen and oxygen atoms in total. The van der Waals surface area contributed by atoms with Gasteiger partial charge in [-0.05, 0) is 58.9 Å². The van der Waals surface area contributed by atoms with Crippen LogP contribution in [0.25, 0.3) is 60.6 Å². The van der Waals surface area contributed by atoms with E-state index >= 15 is 0 Å². The van der Waals surface area contributed by atoms with Crippen molar-refractivity contribution in [3.8, 4) is 39.5 Å². The quantitative estimate of drug-likeness (QED) is 0.165. The fraction of sp³-hybridized carbons (Fsp3) is 0.136. The van der Waals surface area contributed by atoms with Gasteiger partial charge in [0.15, 0.2) is 0 Å². The van der Waals surface area contributed by atoms with Crippen LogP contribution in [-0.2, 0) is 25.5 Å². The van der Waals surface area contributed by atoms with E-state index in [-0.39, 0.29) is 36.6 Å². The number of pyridine rings is 1. The molecule has 0 bridgehead atoms. The minimum absolute atomic E-state index is 0. The van der Waals surface area contributed by atoms with Gasteiger partial charge in [-0.2, -0.15) is 0 Å². The van der Waals surface area contributed by atoms with E-state index in [1.165, 1.54) is 51.2 Å². The average Bonchev–Trinajstić information content (AvgIpc) is 3.76. The number of nitrogens with zero attached hydrogens (tertiary/aromatic N) is 3. The Bertz CT molecular complexity index is 2480. The molecule has 0 unspecified atom stereocenters. The van der Waals surface area contributed by atoms with Gasteiger partial charge in [0.25, 0.3) is 0 Å². The zero-order valence-corrected chi connectivity index (χ0v) is 30.5. The second-order valence-electron chi connectivity index (χ2n) is 12.6. The number of aromatic nitrogens is 3. The third kappa shape index (κ3) is 7.35. The zero-order valence-electron chi connectivity index (χ0n) is 33.3. The minimum Gasteiger partial charge on any atom is -0.333 e. The van der Waals surface area contributed by atoms with Gasteiger partial charge in [-0.1, -0.05) is 128 Å². The molecule has 0 saturated carbocycles. The summed E-state index contributed by atoms with van der Waals surface area (Å²) in [6.07, 6.45) is 1.30. The number of hydrogen-bond donors (Lipinski definition) is 0. The molecule has 3 heterocycles. The Morgan fingerprint density at radius 2 is 1.49 bits per heavy atom. The summed E-state index contributed by atoms with van der Waals surface area (Å²) in [7, 11) is 0. The Kier molecular flexibility index (Phi) is 8.01. The normalized spacial score (nSPS) is 13.5. The van der Waals surface area contributed by atoms with Crippen LogP contribution in [0.5, 0.6) is 0 Å². The van der Waals surface area contributed by atoms with Crippen molar-refractivity contribution >= 4 is 32.5 Å². The van der Waals surface area contributed by atoms with Gasteiger partial charge in [0.05, 0.1) is 16.9 Å². The monoisotopic (exact) mass is 838 g/mol. The molecule has 0 aliphatic carbocycles. The van der Waals surface area contributed by atoms with Crippen molar-refractivity contribution in [1.82, 2.24) is 14.5 Å². The number of fused-ring (bicyclic) bond motifs is 2. The molecule has 245 valence electrons. The third-order valence-electron chi connectivity index (χ3n) is 8.25. The van der Waals surface area contributed by atoms with E-state index in [9.17, 15) is 0 Å². The maximum absolute atomic E-state index is 7.28. The molecular formula is C44H37IrN3S-2. The number of benzene rings is 5. The molecule has 1 radical (unpaired) electrons. The number of imidazole rings is 1. The Morgan fingerprint density at radius 1 is 0.755 bits per heavy atom. The first-order valence-corrected chi connectivity index (χ1v) is 16.6. The number of hydrogen-bond acceptors (Lipinski definition) is 3. The fourth-order valence-corrected chi connectivity index (χ4v) is 6.45. The molecule has 5 heteroatoms. The zero-order chi connectivity index (χ0) is 38.3. The molecule has 3 aromatic heterocycles. The van der Waals surface area contributed by atoms with Crippen molar-refractivity contribution in [2.24, 2.45) is 0 Å². The smallest absolute Gasteiger partial charge is 0.0774 e. The van der Waals surface area contributed by atoms with Crippen LogP contribution in [0.15, 0.2) is 134 Å². The first kappa shape index (κ1) is 27.2. The Morgan fingerprint density at radius 3 is 2.18 bits per heavy atom. The van der Waals surface area contributed by atoms with Gasteiger partial charge in [-0.3, -0.25) is 16.3 Å². The molecule has 5 aromatic carbocycles. The third-order valence-corrected chi connectivity index (χ3v) is 9.13. The molecule has 0 aliphatic rings. The van der Waals surface area contributed by atoms with Crippen molar-refractivity contribution in [2.75, 3.05) is 0 Å². The summed E-state index contributed by atoms with van der Waals surface area (Å²) < 4.78 is 47.2. The van der Waals surface area contributed by atoms with E-state index in [1.54, 1.807) is 23.5 Å². The van der Waals surface area contributed by atoms with Gasteiger partial charge < -0.3 is 9.55 Å². The molecule has 49 heavy (non-hydrogen) atoms. The summed E-state index contributed by atoms with van der Waals surface area (Å²) in [6, 6.07) is 44.8. The van der Waals surface area contributed by atoms with Gasteiger partial charge in [-0.15, -0.1) is 46.8 Å². The van der Waals surface area contributed by atoms with E-state index in [4.69, 9.17) is 13.2 Å². The minimum atomic E-state index is -2.18. The molecule has 8 aromatic rings. The van der Waals surface area contributed by atoms with Crippen LogP contribution < -0.4 is 0 Å². The van der Waals surface area contributed by atoms with Crippen LogP contribution >= 0.6 is 11.3 Å². The van der Waals surface area contributed by atoms with Crippen molar-refractivity contribution in [3.05, 3.63) is 162 Å². The van der Waals surface area contributed by atoms with Crippen LogP contribution in [0.4, 0.5) is 0 Å². The number of rotatable bonds is 4. The summed E-state index contributed by atoms with van der Waals surface area (Å²) >= 11 is 1.66. The van der Waals surface area contributed by atoms with E-state index in [0.29, 0.717) is 11.3 Å². The van der Waals surface area contributed by atoms with Gasteiger partial charge >= 0.3 is 0 Å². The summed E-state index contributed by atoms with van der Waals surface area (Å²) in [4.78, 5) is 9.17. The predicted molar refractivity (Wildman–Crippen MR) is 203 cm³/mol. The number of thiophene rings is 1. The van der Waals surface area contributed by atoms with Crippen molar-refractivity contribution in [3.63, 3.8) is 0 Å².